The molecule has 0 saturated carbocycles. The summed E-state index contributed by atoms with van der Waals surface area (Å²) in [4.78, 5) is 36.4. The normalized spacial score (nSPS) is 10.4. The lowest BCUT2D eigenvalue weighted by molar-refractivity contribution is -0.136. The van der Waals surface area contributed by atoms with E-state index in [1.165, 1.54) is 13.3 Å². The van der Waals surface area contributed by atoms with Crippen LogP contribution in [0.4, 0.5) is 5.69 Å². The molecule has 162 valence electrons. The molecule has 9 heteroatoms. The van der Waals surface area contributed by atoms with Crippen LogP contribution in [0.25, 0.3) is 0 Å². The molecule has 32 heavy (non-hydrogen) atoms. The zero-order chi connectivity index (χ0) is 22.9. The molecule has 0 fully saturated rings. The number of ether oxygens (including phenoxy) is 2. The molecule has 0 aliphatic rings. The zero-order valence-corrected chi connectivity index (χ0v) is 18.5. The van der Waals surface area contributed by atoms with Gasteiger partial charge in [-0.3, -0.25) is 9.59 Å². The summed E-state index contributed by atoms with van der Waals surface area (Å²) < 4.78 is 11.2. The van der Waals surface area contributed by atoms with Crippen molar-refractivity contribution in [2.75, 3.05) is 12.4 Å². The maximum Gasteiger partial charge on any atom is 0.343 e. The number of rotatable bonds is 6. The first-order valence-corrected chi connectivity index (χ1v) is 10.1. The minimum Gasteiger partial charge on any atom is -0.497 e. The predicted octanol–water partition coefficient (Wildman–Crippen LogP) is 3.77. The largest absolute Gasteiger partial charge is 0.497 e. The highest BCUT2D eigenvalue weighted by atomic mass is 79.9. The summed E-state index contributed by atoms with van der Waals surface area (Å²) in [6, 6.07) is 19.9. The molecule has 3 aromatic rings. The molecule has 0 heterocycles. The number of para-hydroxylation sites is 1. The third kappa shape index (κ3) is 6.26. The third-order valence-corrected chi connectivity index (χ3v) is 4.60. The van der Waals surface area contributed by atoms with E-state index in [1.807, 2.05) is 0 Å². The number of amides is 2. The van der Waals surface area contributed by atoms with Crippen LogP contribution in [0.3, 0.4) is 0 Å². The van der Waals surface area contributed by atoms with Crippen molar-refractivity contribution >= 4 is 45.6 Å². The van der Waals surface area contributed by atoms with Gasteiger partial charge in [-0.05, 0) is 54.6 Å². The van der Waals surface area contributed by atoms with Crippen molar-refractivity contribution in [1.82, 2.24) is 5.43 Å². The molecule has 0 atom stereocenters. The van der Waals surface area contributed by atoms with E-state index in [-0.39, 0.29) is 5.75 Å². The number of nitrogens with zero attached hydrogens (tertiary/aromatic N) is 1. The molecule has 0 saturated heterocycles. The standard InChI is InChI=1S/C23H18BrN3O5/c1-31-19-10-7-15(8-11-19)23(30)32-20-12-9-17(24)13-16(20)14-25-27-22(29)21(28)26-18-5-3-2-4-6-18/h2-14H,1H3,(H,26,28)(H,27,29)/b25-14-. The summed E-state index contributed by atoms with van der Waals surface area (Å²) in [6.45, 7) is 0. The fraction of sp³-hybridized carbons (Fsp3) is 0.0435. The molecule has 2 N–H and O–H groups in total. The smallest absolute Gasteiger partial charge is 0.343 e. The van der Waals surface area contributed by atoms with Crippen LogP contribution in [-0.4, -0.2) is 31.1 Å². The lowest BCUT2D eigenvalue weighted by Gasteiger charge is -2.08. The Hall–Kier alpha value is -3.98. The van der Waals surface area contributed by atoms with Gasteiger partial charge in [0.2, 0.25) is 0 Å². The fourth-order valence-electron chi connectivity index (χ4n) is 2.52. The molecule has 0 unspecified atom stereocenters. The Bertz CT molecular complexity index is 1150. The van der Waals surface area contributed by atoms with Crippen LogP contribution >= 0.6 is 15.9 Å². The Morgan fingerprint density at radius 2 is 1.66 bits per heavy atom. The van der Waals surface area contributed by atoms with Crippen molar-refractivity contribution in [2.45, 2.75) is 0 Å². The van der Waals surface area contributed by atoms with Crippen LogP contribution in [0.15, 0.2) is 82.4 Å². The molecular formula is C23H18BrN3O5. The summed E-state index contributed by atoms with van der Waals surface area (Å²) in [5.74, 6) is -1.55. The lowest BCUT2D eigenvalue weighted by Crippen LogP contribution is -2.32. The highest BCUT2D eigenvalue weighted by Gasteiger charge is 2.14. The highest BCUT2D eigenvalue weighted by molar-refractivity contribution is 9.10. The van der Waals surface area contributed by atoms with Crippen molar-refractivity contribution in [3.05, 3.63) is 88.4 Å². The number of hydrogen-bond donors (Lipinski definition) is 2. The summed E-state index contributed by atoms with van der Waals surface area (Å²) in [7, 11) is 1.53. The lowest BCUT2D eigenvalue weighted by atomic mass is 10.2. The number of methoxy groups -OCH3 is 1. The van der Waals surface area contributed by atoms with Gasteiger partial charge < -0.3 is 14.8 Å². The van der Waals surface area contributed by atoms with Crippen LogP contribution in [-0.2, 0) is 9.59 Å². The number of carbonyl (C=O) groups excluding carboxylic acids is 3. The van der Waals surface area contributed by atoms with Crippen LogP contribution in [0, 0.1) is 0 Å². The first-order valence-electron chi connectivity index (χ1n) is 9.31. The summed E-state index contributed by atoms with van der Waals surface area (Å²) in [5.41, 5.74) is 3.37. The first kappa shape index (κ1) is 22.7. The van der Waals surface area contributed by atoms with Crippen molar-refractivity contribution in [3.8, 4) is 11.5 Å². The molecule has 0 bridgehead atoms. The number of halogens is 1. The van der Waals surface area contributed by atoms with Crippen LogP contribution in [0.1, 0.15) is 15.9 Å². The van der Waals surface area contributed by atoms with Gasteiger partial charge >= 0.3 is 17.8 Å². The van der Waals surface area contributed by atoms with Gasteiger partial charge in [0.15, 0.2) is 0 Å². The number of esters is 1. The minimum atomic E-state index is -0.947. The molecule has 0 spiro atoms. The van der Waals surface area contributed by atoms with E-state index in [2.05, 4.69) is 31.8 Å². The number of nitrogens with one attached hydrogen (secondary N) is 2. The van der Waals surface area contributed by atoms with Crippen LogP contribution in [0.2, 0.25) is 0 Å². The van der Waals surface area contributed by atoms with Crippen molar-refractivity contribution < 1.29 is 23.9 Å². The summed E-state index contributed by atoms with van der Waals surface area (Å²) >= 11 is 3.34. The molecular weight excluding hydrogens is 478 g/mol. The second kappa shape index (κ2) is 10.9. The van der Waals surface area contributed by atoms with E-state index >= 15 is 0 Å². The van der Waals surface area contributed by atoms with Crippen molar-refractivity contribution in [1.29, 1.82) is 0 Å². The SMILES string of the molecule is COc1ccc(C(=O)Oc2ccc(Br)cc2/C=N\NC(=O)C(=O)Nc2ccccc2)cc1. The highest BCUT2D eigenvalue weighted by Crippen LogP contribution is 2.23. The van der Waals surface area contributed by atoms with Crippen molar-refractivity contribution in [3.63, 3.8) is 0 Å². The first-order chi connectivity index (χ1) is 15.5. The average Bonchev–Trinajstić information content (AvgIpc) is 2.81. The van der Waals surface area contributed by atoms with Gasteiger partial charge in [-0.1, -0.05) is 34.1 Å². The average molecular weight is 496 g/mol. The molecule has 0 aliphatic carbocycles. The van der Waals surface area contributed by atoms with Gasteiger partial charge in [0.1, 0.15) is 11.5 Å². The maximum atomic E-state index is 12.5. The Labute approximate surface area is 192 Å². The van der Waals surface area contributed by atoms with E-state index in [9.17, 15) is 14.4 Å². The van der Waals surface area contributed by atoms with Gasteiger partial charge in [0, 0.05) is 15.7 Å². The Morgan fingerprint density at radius 1 is 0.938 bits per heavy atom. The van der Waals surface area contributed by atoms with Gasteiger partial charge in [0.05, 0.1) is 18.9 Å². The van der Waals surface area contributed by atoms with Crippen molar-refractivity contribution in [2.24, 2.45) is 5.10 Å². The summed E-state index contributed by atoms with van der Waals surface area (Å²) in [6.07, 6.45) is 1.27. The van der Waals surface area contributed by atoms with E-state index in [1.54, 1.807) is 72.8 Å². The Morgan fingerprint density at radius 3 is 2.34 bits per heavy atom. The van der Waals surface area contributed by atoms with Crippen LogP contribution in [0.5, 0.6) is 11.5 Å². The number of benzene rings is 3. The minimum absolute atomic E-state index is 0.223. The monoisotopic (exact) mass is 495 g/mol. The Balaban J connectivity index is 1.66. The molecule has 0 radical (unpaired) electrons. The van der Waals surface area contributed by atoms with Gasteiger partial charge in [0.25, 0.3) is 0 Å². The second-order valence-corrected chi connectivity index (χ2v) is 7.24. The number of anilines is 1. The van der Waals surface area contributed by atoms with E-state index in [0.717, 1.165) is 0 Å². The van der Waals surface area contributed by atoms with Crippen LogP contribution < -0.4 is 20.2 Å². The number of hydrazone groups is 1. The molecule has 0 aromatic heterocycles. The maximum absolute atomic E-state index is 12.5. The van der Waals surface area contributed by atoms with E-state index in [4.69, 9.17) is 9.47 Å². The van der Waals surface area contributed by atoms with E-state index < -0.39 is 17.8 Å². The molecule has 0 aliphatic heterocycles. The summed E-state index contributed by atoms with van der Waals surface area (Å²) in [5, 5.41) is 6.25. The fourth-order valence-corrected chi connectivity index (χ4v) is 2.90. The third-order valence-electron chi connectivity index (χ3n) is 4.11. The zero-order valence-electron chi connectivity index (χ0n) is 16.9. The van der Waals surface area contributed by atoms with Gasteiger partial charge in [-0.25, -0.2) is 10.2 Å². The topological polar surface area (TPSA) is 106 Å². The Kier molecular flexibility index (Phi) is 7.71. The predicted molar refractivity (Wildman–Crippen MR) is 123 cm³/mol. The molecule has 8 nitrogen and oxygen atoms in total. The van der Waals surface area contributed by atoms with E-state index in [0.29, 0.717) is 27.0 Å². The number of carbonyl (C=O) groups is 3. The molecule has 3 aromatic carbocycles. The number of hydrogen-bond acceptors (Lipinski definition) is 6. The second-order valence-electron chi connectivity index (χ2n) is 6.32. The molecule has 3 rings (SSSR count). The van der Waals surface area contributed by atoms with Gasteiger partial charge in [-0.15, -0.1) is 0 Å². The van der Waals surface area contributed by atoms with Gasteiger partial charge in [-0.2, -0.15) is 5.10 Å². The quantitative estimate of drug-likeness (QED) is 0.178. The molecule has 2 amide bonds.